The molecule has 0 saturated heterocycles. The van der Waals surface area contributed by atoms with Crippen molar-refractivity contribution >= 4 is 29.3 Å². The fraction of sp³-hybridized carbons (Fsp3) is 0.211. The number of carbonyl (C=O) groups is 1. The summed E-state index contributed by atoms with van der Waals surface area (Å²) in [5, 5.41) is 9.43. The van der Waals surface area contributed by atoms with Crippen LogP contribution in [-0.4, -0.2) is 25.9 Å². The topological polar surface area (TPSA) is 73.8 Å². The summed E-state index contributed by atoms with van der Waals surface area (Å²) < 4.78 is 1.94. The molecular weight excluding hydrogens is 368 g/mol. The average molecular weight is 387 g/mol. The molecule has 2 aromatic carbocycles. The zero-order valence-electron chi connectivity index (χ0n) is 14.7. The molecule has 1 heterocycles. The van der Waals surface area contributed by atoms with Crippen LogP contribution in [0.25, 0.3) is 17.1 Å². The van der Waals surface area contributed by atoms with E-state index in [2.05, 4.69) is 22.3 Å². The Labute approximate surface area is 161 Å². The number of nitrogens with zero attached hydrogens (tertiary/aromatic N) is 3. The van der Waals surface area contributed by atoms with Crippen LogP contribution < -0.4 is 5.73 Å². The summed E-state index contributed by atoms with van der Waals surface area (Å²) in [6.07, 6.45) is 0. The molecule has 7 heteroatoms. The second-order valence-corrected chi connectivity index (χ2v) is 7.79. The van der Waals surface area contributed by atoms with Crippen molar-refractivity contribution in [2.75, 3.05) is 0 Å². The molecule has 3 rings (SSSR count). The Balaban J connectivity index is 2.23. The molecule has 1 amide bonds. The summed E-state index contributed by atoms with van der Waals surface area (Å²) in [7, 11) is 0. The summed E-state index contributed by atoms with van der Waals surface area (Å²) in [4.78, 5) is 11.5. The normalized spacial score (nSPS) is 12.2. The Morgan fingerprint density at radius 1 is 1.19 bits per heavy atom. The van der Waals surface area contributed by atoms with Gasteiger partial charge in [-0.3, -0.25) is 9.36 Å². The molecule has 0 spiro atoms. The Morgan fingerprint density at radius 2 is 1.92 bits per heavy atom. The molecule has 0 aliphatic rings. The molecule has 26 heavy (non-hydrogen) atoms. The van der Waals surface area contributed by atoms with E-state index in [1.165, 1.54) is 11.8 Å². The van der Waals surface area contributed by atoms with Gasteiger partial charge in [0.25, 0.3) is 0 Å². The molecule has 5 nitrogen and oxygen atoms in total. The monoisotopic (exact) mass is 386 g/mol. The number of hydrogen-bond donors (Lipinski definition) is 1. The first-order valence-electron chi connectivity index (χ1n) is 8.12. The van der Waals surface area contributed by atoms with Crippen LogP contribution in [0.3, 0.4) is 0 Å². The van der Waals surface area contributed by atoms with Gasteiger partial charge in [-0.05, 0) is 50.1 Å². The predicted molar refractivity (Wildman–Crippen MR) is 106 cm³/mol. The van der Waals surface area contributed by atoms with Crippen LogP contribution in [0.1, 0.15) is 18.1 Å². The molecule has 0 aliphatic carbocycles. The second-order valence-electron chi connectivity index (χ2n) is 6.07. The van der Waals surface area contributed by atoms with Crippen molar-refractivity contribution in [2.45, 2.75) is 31.2 Å². The van der Waals surface area contributed by atoms with Gasteiger partial charge in [0.1, 0.15) is 0 Å². The molecule has 2 N–H and O–H groups in total. The lowest BCUT2D eigenvalue weighted by Gasteiger charge is -2.15. The van der Waals surface area contributed by atoms with E-state index in [1.807, 2.05) is 48.7 Å². The highest BCUT2D eigenvalue weighted by Crippen LogP contribution is 2.34. The quantitative estimate of drug-likeness (QED) is 0.668. The van der Waals surface area contributed by atoms with Crippen LogP contribution in [0.15, 0.2) is 47.6 Å². The summed E-state index contributed by atoms with van der Waals surface area (Å²) in [6.45, 7) is 5.81. The van der Waals surface area contributed by atoms with Gasteiger partial charge in [-0.2, -0.15) is 0 Å². The molecule has 134 valence electrons. The van der Waals surface area contributed by atoms with Gasteiger partial charge in [-0.25, -0.2) is 0 Å². The number of aryl methyl sites for hydroxylation is 2. The van der Waals surface area contributed by atoms with Crippen molar-refractivity contribution in [3.8, 4) is 17.1 Å². The van der Waals surface area contributed by atoms with Crippen LogP contribution in [0.4, 0.5) is 0 Å². The number of benzene rings is 2. The molecule has 0 aliphatic heterocycles. The van der Waals surface area contributed by atoms with Crippen LogP contribution in [0, 0.1) is 13.8 Å². The van der Waals surface area contributed by atoms with E-state index in [9.17, 15) is 4.79 Å². The molecule has 0 fully saturated rings. The van der Waals surface area contributed by atoms with Gasteiger partial charge in [0.15, 0.2) is 11.0 Å². The molecule has 1 aromatic heterocycles. The summed E-state index contributed by atoms with van der Waals surface area (Å²) in [6, 6.07) is 13.7. The zero-order valence-corrected chi connectivity index (χ0v) is 16.3. The third-order valence-electron chi connectivity index (χ3n) is 4.04. The second kappa shape index (κ2) is 7.51. The lowest BCUT2D eigenvalue weighted by atomic mass is 10.1. The number of aromatic nitrogens is 3. The van der Waals surface area contributed by atoms with Crippen molar-refractivity contribution in [1.29, 1.82) is 0 Å². The fourth-order valence-electron chi connectivity index (χ4n) is 2.56. The largest absolute Gasteiger partial charge is 0.369 e. The van der Waals surface area contributed by atoms with Gasteiger partial charge in [0, 0.05) is 5.56 Å². The Bertz CT molecular complexity index is 970. The fourth-order valence-corrected chi connectivity index (χ4v) is 3.59. The zero-order chi connectivity index (χ0) is 18.8. The average Bonchev–Trinajstić information content (AvgIpc) is 3.00. The van der Waals surface area contributed by atoms with Crippen LogP contribution in [0.2, 0.25) is 5.02 Å². The van der Waals surface area contributed by atoms with Gasteiger partial charge in [0.2, 0.25) is 5.91 Å². The SMILES string of the molecule is Cc1ccc(C)c(-n2c(SC(C)C(N)=O)nnc2-c2ccccc2Cl)c1. The summed E-state index contributed by atoms with van der Waals surface area (Å²) >= 11 is 7.67. The van der Waals surface area contributed by atoms with E-state index < -0.39 is 11.2 Å². The number of amides is 1. The first kappa shape index (κ1) is 18.5. The van der Waals surface area contributed by atoms with E-state index in [-0.39, 0.29) is 0 Å². The number of hydrogen-bond acceptors (Lipinski definition) is 4. The highest BCUT2D eigenvalue weighted by molar-refractivity contribution is 8.00. The Hall–Kier alpha value is -2.31. The molecule has 0 bridgehead atoms. The van der Waals surface area contributed by atoms with Crippen molar-refractivity contribution in [1.82, 2.24) is 14.8 Å². The first-order chi connectivity index (χ1) is 12.4. The molecule has 1 unspecified atom stereocenters. The van der Waals surface area contributed by atoms with Crippen molar-refractivity contribution in [3.63, 3.8) is 0 Å². The van der Waals surface area contributed by atoms with E-state index in [4.69, 9.17) is 17.3 Å². The lowest BCUT2D eigenvalue weighted by molar-refractivity contribution is -0.117. The smallest absolute Gasteiger partial charge is 0.230 e. The van der Waals surface area contributed by atoms with Crippen LogP contribution in [-0.2, 0) is 4.79 Å². The third kappa shape index (κ3) is 3.61. The van der Waals surface area contributed by atoms with E-state index >= 15 is 0 Å². The molecule has 0 radical (unpaired) electrons. The number of carbonyl (C=O) groups excluding carboxylic acids is 1. The van der Waals surface area contributed by atoms with Crippen molar-refractivity contribution in [3.05, 3.63) is 58.6 Å². The number of rotatable bonds is 5. The van der Waals surface area contributed by atoms with Gasteiger partial charge >= 0.3 is 0 Å². The lowest BCUT2D eigenvalue weighted by Crippen LogP contribution is -2.23. The number of thioether (sulfide) groups is 1. The molecule has 0 saturated carbocycles. The summed E-state index contributed by atoms with van der Waals surface area (Å²) in [5.74, 6) is 0.230. The Kier molecular flexibility index (Phi) is 5.34. The number of nitrogens with two attached hydrogens (primary N) is 1. The Morgan fingerprint density at radius 3 is 2.62 bits per heavy atom. The maximum Gasteiger partial charge on any atom is 0.230 e. The third-order valence-corrected chi connectivity index (χ3v) is 5.43. The highest BCUT2D eigenvalue weighted by atomic mass is 35.5. The first-order valence-corrected chi connectivity index (χ1v) is 9.38. The minimum atomic E-state index is -0.429. The molecule has 1 atom stereocenters. The summed E-state index contributed by atoms with van der Waals surface area (Å²) in [5.41, 5.74) is 9.34. The van der Waals surface area contributed by atoms with Gasteiger partial charge in [0.05, 0.1) is 16.0 Å². The maximum atomic E-state index is 11.5. The van der Waals surface area contributed by atoms with Crippen LogP contribution >= 0.6 is 23.4 Å². The van der Waals surface area contributed by atoms with E-state index in [1.54, 1.807) is 6.92 Å². The molecular formula is C19H19ClN4OS. The van der Waals surface area contributed by atoms with E-state index in [0.717, 1.165) is 22.4 Å². The number of halogens is 1. The van der Waals surface area contributed by atoms with Gasteiger partial charge in [-0.1, -0.05) is 47.6 Å². The maximum absolute atomic E-state index is 11.5. The van der Waals surface area contributed by atoms with E-state index in [0.29, 0.717) is 16.0 Å². The van der Waals surface area contributed by atoms with Gasteiger partial charge < -0.3 is 5.73 Å². The van der Waals surface area contributed by atoms with Crippen molar-refractivity contribution < 1.29 is 4.79 Å². The minimum Gasteiger partial charge on any atom is -0.369 e. The minimum absolute atomic E-state index is 0.398. The standard InChI is InChI=1S/C19H19ClN4OS/c1-11-8-9-12(2)16(10-11)24-18(14-6-4-5-7-15(14)20)22-23-19(24)26-13(3)17(21)25/h4-10,13H,1-3H3,(H2,21,25). The van der Waals surface area contributed by atoms with Crippen LogP contribution in [0.5, 0.6) is 0 Å². The highest BCUT2D eigenvalue weighted by Gasteiger charge is 2.22. The van der Waals surface area contributed by atoms with Crippen molar-refractivity contribution in [2.24, 2.45) is 5.73 Å². The molecule has 3 aromatic rings. The predicted octanol–water partition coefficient (Wildman–Crippen LogP) is 4.17. The van der Waals surface area contributed by atoms with Gasteiger partial charge in [-0.15, -0.1) is 10.2 Å². The number of primary amides is 1.